The van der Waals surface area contributed by atoms with E-state index >= 15 is 0 Å². The first-order valence-corrected chi connectivity index (χ1v) is 9.10. The highest BCUT2D eigenvalue weighted by Crippen LogP contribution is 2.38. The lowest BCUT2D eigenvalue weighted by Crippen LogP contribution is -2.51. The molecule has 3 atom stereocenters. The van der Waals surface area contributed by atoms with Crippen molar-refractivity contribution < 1.29 is 9.47 Å². The Morgan fingerprint density at radius 2 is 2.29 bits per heavy atom. The third-order valence-corrected chi connectivity index (χ3v) is 5.82. The van der Waals surface area contributed by atoms with Gasteiger partial charge in [0.2, 0.25) is 0 Å². The summed E-state index contributed by atoms with van der Waals surface area (Å²) in [6.07, 6.45) is 7.64. The molecule has 0 radical (unpaired) electrons. The maximum absolute atomic E-state index is 6.10. The van der Waals surface area contributed by atoms with E-state index in [4.69, 9.17) is 9.47 Å². The van der Waals surface area contributed by atoms with Crippen molar-refractivity contribution in [1.82, 2.24) is 9.88 Å². The zero-order valence-electron chi connectivity index (χ0n) is 12.4. The lowest BCUT2D eigenvalue weighted by molar-refractivity contribution is -0.0876. The molecule has 5 heteroatoms. The predicted molar refractivity (Wildman–Crippen MR) is 82.3 cm³/mol. The van der Waals surface area contributed by atoms with Crippen LogP contribution in [-0.2, 0) is 16.1 Å². The summed E-state index contributed by atoms with van der Waals surface area (Å²) >= 11 is 1.67. The second-order valence-corrected chi connectivity index (χ2v) is 7.60. The average molecular weight is 308 g/mol. The van der Waals surface area contributed by atoms with Crippen molar-refractivity contribution in [3.8, 4) is 0 Å². The molecule has 1 saturated heterocycles. The van der Waals surface area contributed by atoms with Crippen molar-refractivity contribution in [1.29, 1.82) is 0 Å². The summed E-state index contributed by atoms with van der Waals surface area (Å²) in [5.41, 5.74) is 0. The monoisotopic (exact) mass is 308 g/mol. The largest absolute Gasteiger partial charge is 0.375 e. The summed E-state index contributed by atoms with van der Waals surface area (Å²) in [5, 5.41) is 3.08. The molecule has 116 valence electrons. The maximum atomic E-state index is 6.10. The number of thiazole rings is 1. The Bertz CT molecular complexity index is 449. The Kier molecular flexibility index (Phi) is 4.25. The van der Waals surface area contributed by atoms with Crippen molar-refractivity contribution in [3.05, 3.63) is 16.6 Å². The third kappa shape index (κ3) is 3.31. The summed E-state index contributed by atoms with van der Waals surface area (Å²) in [7, 11) is 0. The number of nitrogens with zero attached hydrogens (tertiary/aromatic N) is 2. The van der Waals surface area contributed by atoms with Crippen LogP contribution in [0, 0.1) is 11.8 Å². The van der Waals surface area contributed by atoms with Gasteiger partial charge in [0.05, 0.1) is 25.9 Å². The molecule has 1 aromatic rings. The number of ether oxygens (including phenoxy) is 2. The van der Waals surface area contributed by atoms with E-state index in [-0.39, 0.29) is 0 Å². The van der Waals surface area contributed by atoms with Crippen molar-refractivity contribution in [2.45, 2.75) is 44.4 Å². The van der Waals surface area contributed by atoms with Crippen LogP contribution in [0.4, 0.5) is 0 Å². The Morgan fingerprint density at radius 1 is 1.33 bits per heavy atom. The molecular weight excluding hydrogens is 284 g/mol. The SMILES string of the molecule is c1csc(COCC2CCC3C2OCCN3CC2CC2)n1. The minimum Gasteiger partial charge on any atom is -0.375 e. The van der Waals surface area contributed by atoms with Gasteiger partial charge in [-0.15, -0.1) is 11.3 Å². The molecule has 1 aliphatic heterocycles. The molecule has 3 aliphatic rings. The Morgan fingerprint density at radius 3 is 3.10 bits per heavy atom. The van der Waals surface area contributed by atoms with E-state index < -0.39 is 0 Å². The number of rotatable bonds is 6. The molecule has 4 rings (SSSR count). The Hall–Kier alpha value is -0.490. The van der Waals surface area contributed by atoms with Gasteiger partial charge in [-0.1, -0.05) is 0 Å². The van der Waals surface area contributed by atoms with E-state index in [0.29, 0.717) is 24.7 Å². The second-order valence-electron chi connectivity index (χ2n) is 6.62. The van der Waals surface area contributed by atoms with Crippen LogP contribution in [0.2, 0.25) is 0 Å². The van der Waals surface area contributed by atoms with Gasteiger partial charge in [0.25, 0.3) is 0 Å². The number of fused-ring (bicyclic) bond motifs is 1. The van der Waals surface area contributed by atoms with Gasteiger partial charge in [-0.2, -0.15) is 0 Å². The molecule has 2 saturated carbocycles. The lowest BCUT2D eigenvalue weighted by atomic mass is 10.0. The lowest BCUT2D eigenvalue weighted by Gasteiger charge is -2.39. The maximum Gasteiger partial charge on any atom is 0.118 e. The first-order valence-electron chi connectivity index (χ1n) is 8.22. The van der Waals surface area contributed by atoms with Crippen LogP contribution in [0.3, 0.4) is 0 Å². The molecule has 1 aromatic heterocycles. The topological polar surface area (TPSA) is 34.6 Å². The number of aromatic nitrogens is 1. The van der Waals surface area contributed by atoms with Gasteiger partial charge < -0.3 is 9.47 Å². The highest BCUT2D eigenvalue weighted by Gasteiger charge is 2.43. The molecule has 0 N–H and O–H groups in total. The zero-order valence-corrected chi connectivity index (χ0v) is 13.3. The average Bonchev–Trinajstić information content (AvgIpc) is 3.01. The Labute approximate surface area is 130 Å². The van der Waals surface area contributed by atoms with Crippen LogP contribution in [0.25, 0.3) is 0 Å². The minimum atomic E-state index is 0.397. The fraction of sp³-hybridized carbons (Fsp3) is 0.812. The first kappa shape index (κ1) is 14.1. The molecule has 21 heavy (non-hydrogen) atoms. The molecule has 0 spiro atoms. The van der Waals surface area contributed by atoms with Crippen LogP contribution in [0.1, 0.15) is 30.7 Å². The molecule has 2 heterocycles. The van der Waals surface area contributed by atoms with Gasteiger partial charge in [-0.25, -0.2) is 4.98 Å². The van der Waals surface area contributed by atoms with E-state index in [0.717, 1.165) is 30.7 Å². The number of hydrogen-bond donors (Lipinski definition) is 0. The summed E-state index contributed by atoms with van der Waals surface area (Å²) in [5.74, 6) is 1.54. The van der Waals surface area contributed by atoms with Gasteiger partial charge in [0, 0.05) is 36.6 Å². The summed E-state index contributed by atoms with van der Waals surface area (Å²) < 4.78 is 12.0. The molecule has 4 nitrogen and oxygen atoms in total. The molecule has 0 aromatic carbocycles. The van der Waals surface area contributed by atoms with Crippen LogP contribution in [0.5, 0.6) is 0 Å². The van der Waals surface area contributed by atoms with E-state index in [1.165, 1.54) is 32.2 Å². The molecule has 2 aliphatic carbocycles. The van der Waals surface area contributed by atoms with Crippen molar-refractivity contribution in [2.75, 3.05) is 26.3 Å². The van der Waals surface area contributed by atoms with E-state index in [1.54, 1.807) is 11.3 Å². The number of hydrogen-bond acceptors (Lipinski definition) is 5. The third-order valence-electron chi connectivity index (χ3n) is 5.07. The fourth-order valence-corrected chi connectivity index (χ4v) is 4.35. The molecular formula is C16H24N2O2S. The normalized spacial score (nSPS) is 33.2. The van der Waals surface area contributed by atoms with E-state index in [9.17, 15) is 0 Å². The predicted octanol–water partition coefficient (Wildman–Crippen LogP) is 2.55. The first-order chi connectivity index (χ1) is 10.4. The minimum absolute atomic E-state index is 0.397. The van der Waals surface area contributed by atoms with Gasteiger partial charge in [0.1, 0.15) is 5.01 Å². The van der Waals surface area contributed by atoms with Gasteiger partial charge >= 0.3 is 0 Å². The van der Waals surface area contributed by atoms with Crippen LogP contribution >= 0.6 is 11.3 Å². The zero-order chi connectivity index (χ0) is 14.1. The molecule has 3 unspecified atom stereocenters. The highest BCUT2D eigenvalue weighted by molar-refractivity contribution is 7.09. The van der Waals surface area contributed by atoms with Crippen LogP contribution in [0.15, 0.2) is 11.6 Å². The number of morpholine rings is 1. The van der Waals surface area contributed by atoms with Crippen molar-refractivity contribution in [2.24, 2.45) is 11.8 Å². The van der Waals surface area contributed by atoms with Crippen molar-refractivity contribution in [3.63, 3.8) is 0 Å². The fourth-order valence-electron chi connectivity index (χ4n) is 3.80. The van der Waals surface area contributed by atoms with Gasteiger partial charge in [0.15, 0.2) is 0 Å². The molecule has 0 amide bonds. The van der Waals surface area contributed by atoms with Crippen LogP contribution < -0.4 is 0 Å². The van der Waals surface area contributed by atoms with Crippen molar-refractivity contribution >= 4 is 11.3 Å². The summed E-state index contributed by atoms with van der Waals surface area (Å²) in [4.78, 5) is 6.97. The van der Waals surface area contributed by atoms with E-state index in [2.05, 4.69) is 9.88 Å². The molecule has 3 fully saturated rings. The second kappa shape index (κ2) is 6.32. The highest BCUT2D eigenvalue weighted by atomic mass is 32.1. The van der Waals surface area contributed by atoms with Gasteiger partial charge in [-0.05, 0) is 31.6 Å². The van der Waals surface area contributed by atoms with Gasteiger partial charge in [-0.3, -0.25) is 4.90 Å². The standard InChI is InChI=1S/C16H24N2O2S/c1-2-12(1)9-18-6-7-20-16-13(3-4-14(16)18)10-19-11-15-17-5-8-21-15/h5,8,12-14,16H,1-4,6-7,9-11H2. The smallest absolute Gasteiger partial charge is 0.118 e. The molecule has 0 bridgehead atoms. The van der Waals surface area contributed by atoms with Crippen LogP contribution in [-0.4, -0.2) is 48.3 Å². The Balaban J connectivity index is 1.28. The van der Waals surface area contributed by atoms with E-state index in [1.807, 2.05) is 11.6 Å². The quantitative estimate of drug-likeness (QED) is 0.809. The summed E-state index contributed by atoms with van der Waals surface area (Å²) in [6, 6.07) is 0.646. The summed E-state index contributed by atoms with van der Waals surface area (Å²) in [6.45, 7) is 4.80.